The van der Waals surface area contributed by atoms with Crippen LogP contribution in [0.5, 0.6) is 11.5 Å². The van der Waals surface area contributed by atoms with E-state index in [1.165, 1.54) is 11.8 Å². The molecule has 2 rings (SSSR count). The van der Waals surface area contributed by atoms with E-state index in [9.17, 15) is 0 Å². The molecule has 0 amide bonds. The highest BCUT2D eigenvalue weighted by Crippen LogP contribution is 2.39. The fraction of sp³-hybridized carbons (Fsp3) is 0.154. The summed E-state index contributed by atoms with van der Waals surface area (Å²) in [6.07, 6.45) is 1.60. The van der Waals surface area contributed by atoms with Crippen LogP contribution in [0.4, 0.5) is 5.69 Å². The number of pyridine rings is 1. The molecule has 0 radical (unpaired) electrons. The van der Waals surface area contributed by atoms with Crippen LogP contribution < -0.4 is 15.2 Å². The van der Waals surface area contributed by atoms with Crippen molar-refractivity contribution in [2.75, 3.05) is 20.0 Å². The molecule has 1 heterocycles. The molecular weight excluding hydrogens is 284 g/mol. The lowest BCUT2D eigenvalue weighted by molar-refractivity contribution is 0.354. The minimum atomic E-state index is 0.602. The number of nitrogens with zero attached hydrogens (tertiary/aromatic N) is 1. The Morgan fingerprint density at radius 2 is 1.84 bits per heavy atom. The summed E-state index contributed by atoms with van der Waals surface area (Å²) in [6, 6.07) is 7.18. The minimum absolute atomic E-state index is 0.602. The van der Waals surface area contributed by atoms with Crippen LogP contribution in [0.15, 0.2) is 40.4 Å². The Kier molecular flexibility index (Phi) is 4.39. The highest BCUT2D eigenvalue weighted by Gasteiger charge is 2.10. The van der Waals surface area contributed by atoms with Gasteiger partial charge < -0.3 is 15.2 Å². The number of nitrogens with two attached hydrogens (primary N) is 1. The molecular formula is C13H13ClN2O2S. The van der Waals surface area contributed by atoms with Crippen LogP contribution in [-0.4, -0.2) is 19.2 Å². The standard InChI is InChI=1S/C13H13ClN2O2S/c1-17-10-5-9(15)12(6-11(10)18-2)19-13-4-3-8(14)7-16-13/h3-7H,15H2,1-2H3. The van der Waals surface area contributed by atoms with Crippen molar-refractivity contribution in [3.8, 4) is 11.5 Å². The first-order valence-corrected chi connectivity index (χ1v) is 6.64. The van der Waals surface area contributed by atoms with Gasteiger partial charge in [-0.3, -0.25) is 0 Å². The molecule has 19 heavy (non-hydrogen) atoms. The second-order valence-electron chi connectivity index (χ2n) is 3.66. The number of benzene rings is 1. The van der Waals surface area contributed by atoms with Gasteiger partial charge in [-0.1, -0.05) is 23.4 Å². The van der Waals surface area contributed by atoms with E-state index in [2.05, 4.69) is 4.98 Å². The van der Waals surface area contributed by atoms with E-state index < -0.39 is 0 Å². The van der Waals surface area contributed by atoms with E-state index in [1.54, 1.807) is 32.5 Å². The number of hydrogen-bond acceptors (Lipinski definition) is 5. The molecule has 1 aromatic heterocycles. The number of halogens is 1. The predicted octanol–water partition coefficient (Wildman–Crippen LogP) is 3.49. The lowest BCUT2D eigenvalue weighted by Gasteiger charge is -2.11. The quantitative estimate of drug-likeness (QED) is 0.875. The number of aromatic nitrogens is 1. The Bertz CT molecular complexity index is 576. The summed E-state index contributed by atoms with van der Waals surface area (Å²) in [5.74, 6) is 1.24. The van der Waals surface area contributed by atoms with Crippen LogP contribution in [0.2, 0.25) is 5.02 Å². The zero-order valence-corrected chi connectivity index (χ0v) is 12.1. The third-order valence-corrected chi connectivity index (χ3v) is 3.68. The lowest BCUT2D eigenvalue weighted by Crippen LogP contribution is -1.95. The fourth-order valence-corrected chi connectivity index (χ4v) is 2.42. The summed E-state index contributed by atoms with van der Waals surface area (Å²) in [4.78, 5) is 5.07. The van der Waals surface area contributed by atoms with Crippen LogP contribution in [0.25, 0.3) is 0 Å². The van der Waals surface area contributed by atoms with Crippen molar-refractivity contribution >= 4 is 29.1 Å². The maximum absolute atomic E-state index is 5.99. The van der Waals surface area contributed by atoms with Crippen LogP contribution in [0.1, 0.15) is 0 Å². The smallest absolute Gasteiger partial charge is 0.162 e. The maximum Gasteiger partial charge on any atom is 0.162 e. The molecule has 1 aromatic carbocycles. The van der Waals surface area contributed by atoms with Crippen LogP contribution in [0, 0.1) is 0 Å². The van der Waals surface area contributed by atoms with E-state index in [-0.39, 0.29) is 0 Å². The molecule has 0 spiro atoms. The normalized spacial score (nSPS) is 10.3. The minimum Gasteiger partial charge on any atom is -0.493 e. The van der Waals surface area contributed by atoms with Gasteiger partial charge in [-0.25, -0.2) is 4.98 Å². The summed E-state index contributed by atoms with van der Waals surface area (Å²) in [6.45, 7) is 0. The molecule has 0 fully saturated rings. The zero-order chi connectivity index (χ0) is 13.8. The molecule has 0 aliphatic heterocycles. The van der Waals surface area contributed by atoms with Crippen molar-refractivity contribution in [2.24, 2.45) is 0 Å². The molecule has 2 aromatic rings. The molecule has 0 aliphatic carbocycles. The molecule has 4 nitrogen and oxygen atoms in total. The van der Waals surface area contributed by atoms with Crippen molar-refractivity contribution in [1.82, 2.24) is 4.98 Å². The van der Waals surface area contributed by atoms with Gasteiger partial charge in [0, 0.05) is 28.9 Å². The molecule has 6 heteroatoms. The van der Waals surface area contributed by atoms with E-state index in [4.69, 9.17) is 26.8 Å². The van der Waals surface area contributed by atoms with Crippen molar-refractivity contribution in [1.29, 1.82) is 0 Å². The van der Waals surface area contributed by atoms with E-state index in [1.807, 2.05) is 12.1 Å². The molecule has 0 saturated heterocycles. The van der Waals surface area contributed by atoms with Crippen molar-refractivity contribution < 1.29 is 9.47 Å². The monoisotopic (exact) mass is 296 g/mol. The molecule has 0 atom stereocenters. The van der Waals surface area contributed by atoms with Crippen molar-refractivity contribution in [2.45, 2.75) is 9.92 Å². The van der Waals surface area contributed by atoms with Crippen molar-refractivity contribution in [3.05, 3.63) is 35.5 Å². The summed E-state index contributed by atoms with van der Waals surface area (Å²) in [7, 11) is 3.16. The first kappa shape index (κ1) is 13.8. The molecule has 100 valence electrons. The van der Waals surface area contributed by atoms with Gasteiger partial charge in [0.25, 0.3) is 0 Å². The van der Waals surface area contributed by atoms with Gasteiger partial charge in [0.05, 0.1) is 19.2 Å². The Labute approximate surface area is 120 Å². The number of hydrogen-bond donors (Lipinski definition) is 1. The summed E-state index contributed by atoms with van der Waals surface area (Å²) >= 11 is 7.24. The average Bonchev–Trinajstić information content (AvgIpc) is 2.43. The van der Waals surface area contributed by atoms with Crippen molar-refractivity contribution in [3.63, 3.8) is 0 Å². The molecule has 0 saturated carbocycles. The molecule has 0 unspecified atom stereocenters. The number of rotatable bonds is 4. The number of ether oxygens (including phenoxy) is 2. The number of anilines is 1. The third-order valence-electron chi connectivity index (χ3n) is 2.43. The SMILES string of the molecule is COc1cc(N)c(Sc2ccc(Cl)cn2)cc1OC. The maximum atomic E-state index is 5.99. The van der Waals surface area contributed by atoms with Crippen LogP contribution in [-0.2, 0) is 0 Å². The van der Waals surface area contributed by atoms with Crippen LogP contribution >= 0.6 is 23.4 Å². The number of nitrogen functional groups attached to an aromatic ring is 1. The van der Waals surface area contributed by atoms with Crippen LogP contribution in [0.3, 0.4) is 0 Å². The highest BCUT2D eigenvalue weighted by atomic mass is 35.5. The van der Waals surface area contributed by atoms with Gasteiger partial charge in [-0.2, -0.15) is 0 Å². The second-order valence-corrected chi connectivity index (χ2v) is 5.16. The predicted molar refractivity (Wildman–Crippen MR) is 77.3 cm³/mol. The lowest BCUT2D eigenvalue weighted by atomic mass is 10.3. The van der Waals surface area contributed by atoms with Gasteiger partial charge in [-0.15, -0.1) is 0 Å². The first-order valence-electron chi connectivity index (χ1n) is 5.45. The fourth-order valence-electron chi connectivity index (χ4n) is 1.50. The van der Waals surface area contributed by atoms with Gasteiger partial charge in [0.2, 0.25) is 0 Å². The largest absolute Gasteiger partial charge is 0.493 e. The molecule has 0 aliphatic rings. The first-order chi connectivity index (χ1) is 9.13. The molecule has 2 N–H and O–H groups in total. The molecule has 0 bridgehead atoms. The van der Waals surface area contributed by atoms with E-state index >= 15 is 0 Å². The van der Waals surface area contributed by atoms with Gasteiger partial charge >= 0.3 is 0 Å². The van der Waals surface area contributed by atoms with Gasteiger partial charge in [0.1, 0.15) is 5.03 Å². The van der Waals surface area contributed by atoms with Gasteiger partial charge in [0.15, 0.2) is 11.5 Å². The topological polar surface area (TPSA) is 57.4 Å². The highest BCUT2D eigenvalue weighted by molar-refractivity contribution is 7.99. The summed E-state index contributed by atoms with van der Waals surface area (Å²) in [5.41, 5.74) is 6.60. The Hall–Kier alpha value is -1.59. The summed E-state index contributed by atoms with van der Waals surface area (Å²) < 4.78 is 10.4. The van der Waals surface area contributed by atoms with E-state index in [0.717, 1.165) is 9.92 Å². The average molecular weight is 297 g/mol. The zero-order valence-electron chi connectivity index (χ0n) is 10.5. The van der Waals surface area contributed by atoms with Gasteiger partial charge in [-0.05, 0) is 12.1 Å². The Morgan fingerprint density at radius 3 is 2.42 bits per heavy atom. The second kappa shape index (κ2) is 6.04. The summed E-state index contributed by atoms with van der Waals surface area (Å²) in [5, 5.41) is 1.41. The third kappa shape index (κ3) is 3.24. The Balaban J connectivity index is 2.32. The Morgan fingerprint density at radius 1 is 1.16 bits per heavy atom. The van der Waals surface area contributed by atoms with E-state index in [0.29, 0.717) is 22.2 Å². The number of methoxy groups -OCH3 is 2.